The zero-order chi connectivity index (χ0) is 9.84. The third-order valence-electron chi connectivity index (χ3n) is 1.48. The van der Waals surface area contributed by atoms with Crippen LogP contribution < -0.4 is 0 Å². The van der Waals surface area contributed by atoms with Gasteiger partial charge in [-0.1, -0.05) is 18.2 Å². The van der Waals surface area contributed by atoms with Crippen LogP contribution in [0.4, 0.5) is 4.39 Å². The number of Topliss-reactive ketones (excluding diaryl/α,β-unsaturated/α-hetero) is 1. The molecule has 0 spiro atoms. The molecule has 0 amide bonds. The quantitative estimate of drug-likeness (QED) is 0.743. The van der Waals surface area contributed by atoms with Crippen molar-refractivity contribution < 1.29 is 13.4 Å². The van der Waals surface area contributed by atoms with E-state index in [2.05, 4.69) is 0 Å². The Kier molecular flexibility index (Phi) is 3.31. The van der Waals surface area contributed by atoms with Crippen LogP contribution in [0.5, 0.6) is 0 Å². The SMILES string of the molecule is CC(=O)C(F)S(=O)c1ccccc1. The molecular weight excluding hydrogens is 191 g/mol. The first-order chi connectivity index (χ1) is 6.13. The van der Waals surface area contributed by atoms with Crippen LogP contribution in [0.2, 0.25) is 0 Å². The Morgan fingerprint density at radius 2 is 1.92 bits per heavy atom. The van der Waals surface area contributed by atoms with Crippen LogP contribution in [-0.4, -0.2) is 15.5 Å². The van der Waals surface area contributed by atoms with Crippen LogP contribution in [-0.2, 0) is 15.6 Å². The number of rotatable bonds is 3. The molecule has 0 aliphatic carbocycles. The third kappa shape index (κ3) is 2.45. The summed E-state index contributed by atoms with van der Waals surface area (Å²) in [6.07, 6.45) is 0. The van der Waals surface area contributed by atoms with E-state index in [0.717, 1.165) is 6.92 Å². The van der Waals surface area contributed by atoms with Crippen LogP contribution >= 0.6 is 0 Å². The van der Waals surface area contributed by atoms with E-state index in [1.807, 2.05) is 0 Å². The molecule has 2 nitrogen and oxygen atoms in total. The minimum atomic E-state index is -1.91. The van der Waals surface area contributed by atoms with Gasteiger partial charge in [0.05, 0.1) is 10.8 Å². The molecule has 1 aromatic carbocycles. The topological polar surface area (TPSA) is 34.1 Å². The summed E-state index contributed by atoms with van der Waals surface area (Å²) >= 11 is 0. The number of alkyl halides is 1. The van der Waals surface area contributed by atoms with Crippen LogP contribution in [0.15, 0.2) is 35.2 Å². The lowest BCUT2D eigenvalue weighted by Gasteiger charge is -2.03. The lowest BCUT2D eigenvalue weighted by atomic mass is 10.4. The lowest BCUT2D eigenvalue weighted by Crippen LogP contribution is -2.17. The van der Waals surface area contributed by atoms with Gasteiger partial charge in [0.15, 0.2) is 5.78 Å². The number of ketones is 1. The van der Waals surface area contributed by atoms with Crippen LogP contribution in [0.25, 0.3) is 0 Å². The largest absolute Gasteiger partial charge is 0.296 e. The molecule has 0 saturated heterocycles. The fourth-order valence-corrected chi connectivity index (χ4v) is 1.79. The second-order valence-electron chi connectivity index (χ2n) is 2.54. The molecule has 0 aliphatic rings. The number of carbonyl (C=O) groups is 1. The van der Waals surface area contributed by atoms with E-state index in [1.165, 1.54) is 12.1 Å². The summed E-state index contributed by atoms with van der Waals surface area (Å²) in [4.78, 5) is 10.9. The van der Waals surface area contributed by atoms with Crippen LogP contribution in [0.1, 0.15) is 6.92 Å². The Morgan fingerprint density at radius 1 is 1.38 bits per heavy atom. The lowest BCUT2D eigenvalue weighted by molar-refractivity contribution is -0.119. The molecular formula is C9H9FO2S. The predicted molar refractivity (Wildman–Crippen MR) is 48.4 cm³/mol. The van der Waals surface area contributed by atoms with E-state index >= 15 is 0 Å². The van der Waals surface area contributed by atoms with Crippen molar-refractivity contribution in [3.63, 3.8) is 0 Å². The van der Waals surface area contributed by atoms with E-state index in [9.17, 15) is 13.4 Å². The summed E-state index contributed by atoms with van der Waals surface area (Å²) in [5.74, 6) is -0.706. The van der Waals surface area contributed by atoms with Crippen molar-refractivity contribution in [2.45, 2.75) is 17.3 Å². The van der Waals surface area contributed by atoms with Crippen molar-refractivity contribution in [2.24, 2.45) is 0 Å². The first-order valence-electron chi connectivity index (χ1n) is 3.73. The Morgan fingerprint density at radius 3 is 2.38 bits per heavy atom. The highest BCUT2D eigenvalue weighted by Crippen LogP contribution is 2.12. The average molecular weight is 200 g/mol. The third-order valence-corrected chi connectivity index (χ3v) is 2.93. The summed E-state index contributed by atoms with van der Waals surface area (Å²) < 4.78 is 24.3. The van der Waals surface area contributed by atoms with Crippen molar-refractivity contribution >= 4 is 16.6 Å². The van der Waals surface area contributed by atoms with Gasteiger partial charge in [0.1, 0.15) is 0 Å². The van der Waals surface area contributed by atoms with Gasteiger partial charge >= 0.3 is 0 Å². The molecule has 0 heterocycles. The van der Waals surface area contributed by atoms with Crippen molar-refractivity contribution in [1.82, 2.24) is 0 Å². The zero-order valence-corrected chi connectivity index (χ0v) is 7.88. The molecule has 0 aliphatic heterocycles. The highest BCUT2D eigenvalue weighted by Gasteiger charge is 2.21. The van der Waals surface area contributed by atoms with Crippen LogP contribution in [0, 0.1) is 0 Å². The van der Waals surface area contributed by atoms with E-state index in [1.54, 1.807) is 18.2 Å². The predicted octanol–water partition coefficient (Wildman–Crippen LogP) is 1.68. The number of carbonyl (C=O) groups excluding carboxylic acids is 1. The second kappa shape index (κ2) is 4.28. The van der Waals surface area contributed by atoms with Gasteiger partial charge in [0, 0.05) is 4.90 Å². The molecule has 13 heavy (non-hydrogen) atoms. The number of benzene rings is 1. The average Bonchev–Trinajstić information content (AvgIpc) is 2.17. The normalized spacial score (nSPS) is 14.9. The van der Waals surface area contributed by atoms with Gasteiger partial charge in [-0.2, -0.15) is 0 Å². The Balaban J connectivity index is 2.86. The van der Waals surface area contributed by atoms with Gasteiger partial charge in [-0.05, 0) is 19.1 Å². The Hall–Kier alpha value is -1.03. The van der Waals surface area contributed by atoms with Gasteiger partial charge < -0.3 is 0 Å². The minimum Gasteiger partial charge on any atom is -0.296 e. The fraction of sp³-hybridized carbons (Fsp3) is 0.222. The summed E-state index contributed by atoms with van der Waals surface area (Å²) in [6, 6.07) is 8.11. The Bertz CT molecular complexity index is 324. The summed E-state index contributed by atoms with van der Waals surface area (Å²) in [5.41, 5.74) is -1.91. The molecule has 0 radical (unpaired) electrons. The van der Waals surface area contributed by atoms with E-state index < -0.39 is 22.1 Å². The van der Waals surface area contributed by atoms with Gasteiger partial charge in [-0.3, -0.25) is 9.00 Å². The first kappa shape index (κ1) is 10.1. The summed E-state index contributed by atoms with van der Waals surface area (Å²) in [5, 5.41) is 0. The molecule has 0 fully saturated rings. The zero-order valence-electron chi connectivity index (χ0n) is 7.07. The number of hydrogen-bond donors (Lipinski definition) is 0. The highest BCUT2D eigenvalue weighted by molar-refractivity contribution is 7.86. The molecule has 0 N–H and O–H groups in total. The Labute approximate surface area is 78.2 Å². The molecule has 1 aromatic rings. The maximum Gasteiger partial charge on any atom is 0.236 e. The molecule has 0 aromatic heterocycles. The summed E-state index contributed by atoms with van der Waals surface area (Å²) in [7, 11) is -1.87. The molecule has 1 rings (SSSR count). The number of halogens is 1. The van der Waals surface area contributed by atoms with Gasteiger partial charge in [0.2, 0.25) is 5.50 Å². The van der Waals surface area contributed by atoms with Gasteiger partial charge in [-0.15, -0.1) is 0 Å². The van der Waals surface area contributed by atoms with Gasteiger partial charge in [-0.25, -0.2) is 4.39 Å². The summed E-state index contributed by atoms with van der Waals surface area (Å²) in [6.45, 7) is 1.09. The van der Waals surface area contributed by atoms with E-state index in [-0.39, 0.29) is 0 Å². The van der Waals surface area contributed by atoms with Crippen molar-refractivity contribution in [1.29, 1.82) is 0 Å². The standard InChI is InChI=1S/C9H9FO2S/c1-7(11)9(10)13(12)8-5-3-2-4-6-8/h2-6,9H,1H3. The van der Waals surface area contributed by atoms with Crippen LogP contribution in [0.3, 0.4) is 0 Å². The molecule has 2 atom stereocenters. The van der Waals surface area contributed by atoms with E-state index in [0.29, 0.717) is 4.90 Å². The maximum absolute atomic E-state index is 13.0. The number of hydrogen-bond acceptors (Lipinski definition) is 2. The smallest absolute Gasteiger partial charge is 0.236 e. The van der Waals surface area contributed by atoms with Crippen molar-refractivity contribution in [3.05, 3.63) is 30.3 Å². The van der Waals surface area contributed by atoms with E-state index in [4.69, 9.17) is 0 Å². The molecule has 70 valence electrons. The minimum absolute atomic E-state index is 0.338. The van der Waals surface area contributed by atoms with Crippen molar-refractivity contribution in [3.8, 4) is 0 Å². The first-order valence-corrected chi connectivity index (χ1v) is 4.94. The molecule has 4 heteroatoms. The molecule has 0 bridgehead atoms. The van der Waals surface area contributed by atoms with Crippen molar-refractivity contribution in [2.75, 3.05) is 0 Å². The van der Waals surface area contributed by atoms with Gasteiger partial charge in [0.25, 0.3) is 0 Å². The molecule has 0 saturated carbocycles. The second-order valence-corrected chi connectivity index (χ2v) is 4.02. The molecule has 2 unspecified atom stereocenters. The fourth-order valence-electron chi connectivity index (χ4n) is 0.825. The monoisotopic (exact) mass is 200 g/mol. The maximum atomic E-state index is 13.0. The highest BCUT2D eigenvalue weighted by atomic mass is 32.2.